The average molecular weight is 205 g/mol. The third kappa shape index (κ3) is 1.66. The van der Waals surface area contributed by atoms with Crippen molar-refractivity contribution < 1.29 is 14.6 Å². The smallest absolute Gasteiger partial charge is 0.233 e. The first-order chi connectivity index (χ1) is 7.08. The molecule has 4 nitrogen and oxygen atoms in total. The van der Waals surface area contributed by atoms with Gasteiger partial charge in [0.05, 0.1) is 5.56 Å². The van der Waals surface area contributed by atoms with E-state index in [1.807, 2.05) is 14.1 Å². The molecule has 15 heavy (non-hydrogen) atoms. The number of rotatable bonds is 1. The number of allylic oxidation sites excluding steroid dienone is 1. The van der Waals surface area contributed by atoms with E-state index in [1.54, 1.807) is 17.2 Å². The Kier molecular flexibility index (Phi) is 2.11. The molecule has 0 atom stereocenters. The Hall–Kier alpha value is -1.97. The van der Waals surface area contributed by atoms with Gasteiger partial charge < -0.3 is 14.7 Å². The van der Waals surface area contributed by atoms with Crippen molar-refractivity contribution >= 4 is 5.78 Å². The molecule has 1 aromatic carbocycles. The number of benzene rings is 1. The van der Waals surface area contributed by atoms with Crippen molar-refractivity contribution in [2.24, 2.45) is 0 Å². The molecule has 0 radical (unpaired) electrons. The minimum Gasteiger partial charge on any atom is -0.508 e. The summed E-state index contributed by atoms with van der Waals surface area (Å²) in [5, 5.41) is 9.23. The molecule has 1 aliphatic heterocycles. The summed E-state index contributed by atoms with van der Waals surface area (Å²) < 4.78 is 5.32. The quantitative estimate of drug-likeness (QED) is 0.703. The van der Waals surface area contributed by atoms with Crippen LogP contribution >= 0.6 is 0 Å². The highest BCUT2D eigenvalue weighted by molar-refractivity contribution is 6.12. The Bertz CT molecular complexity index is 449. The molecule has 78 valence electrons. The van der Waals surface area contributed by atoms with Crippen LogP contribution in [0.1, 0.15) is 10.4 Å². The molecule has 0 bridgehead atoms. The highest BCUT2D eigenvalue weighted by atomic mass is 16.5. The van der Waals surface area contributed by atoms with Crippen LogP contribution in [-0.2, 0) is 0 Å². The molecular weight excluding hydrogens is 194 g/mol. The van der Waals surface area contributed by atoms with E-state index in [9.17, 15) is 9.90 Å². The molecule has 1 aromatic rings. The summed E-state index contributed by atoms with van der Waals surface area (Å²) in [5.41, 5.74) is 0.487. The number of phenols is 1. The molecule has 0 unspecified atom stereocenters. The topological polar surface area (TPSA) is 49.8 Å². The van der Waals surface area contributed by atoms with Crippen LogP contribution < -0.4 is 4.74 Å². The molecule has 1 N–H and O–H groups in total. The summed E-state index contributed by atoms with van der Waals surface area (Å²) in [6, 6.07) is 4.46. The molecule has 0 aromatic heterocycles. The molecule has 4 heteroatoms. The van der Waals surface area contributed by atoms with E-state index in [1.165, 1.54) is 12.1 Å². The molecule has 0 amide bonds. The number of phenolic OH excluding ortho intramolecular Hbond substituents is 1. The number of hydrogen-bond acceptors (Lipinski definition) is 4. The molecule has 0 aliphatic carbocycles. The fourth-order valence-corrected chi connectivity index (χ4v) is 1.40. The van der Waals surface area contributed by atoms with E-state index in [-0.39, 0.29) is 17.3 Å². The summed E-state index contributed by atoms with van der Waals surface area (Å²) >= 11 is 0. The Morgan fingerprint density at radius 2 is 2.13 bits per heavy atom. The first kappa shape index (κ1) is 9.58. The molecular formula is C11H11NO3. The first-order valence-corrected chi connectivity index (χ1v) is 4.52. The van der Waals surface area contributed by atoms with Gasteiger partial charge in [0.2, 0.25) is 5.78 Å². The zero-order valence-electron chi connectivity index (χ0n) is 8.52. The third-order valence-electron chi connectivity index (χ3n) is 2.03. The Labute approximate surface area is 87.4 Å². The van der Waals surface area contributed by atoms with Gasteiger partial charge in [0, 0.05) is 26.4 Å². The highest BCUT2D eigenvalue weighted by Gasteiger charge is 2.27. The van der Waals surface area contributed by atoms with Crippen LogP contribution in [0, 0.1) is 0 Å². The fraction of sp³-hybridized carbons (Fsp3) is 0.182. The number of aromatic hydroxyl groups is 1. The van der Waals surface area contributed by atoms with E-state index in [2.05, 4.69) is 0 Å². The average Bonchev–Trinajstić information content (AvgIpc) is 2.42. The van der Waals surface area contributed by atoms with Gasteiger partial charge in [-0.3, -0.25) is 4.79 Å². The van der Waals surface area contributed by atoms with Gasteiger partial charge in [0.15, 0.2) is 5.76 Å². The lowest BCUT2D eigenvalue weighted by molar-refractivity contribution is 0.101. The van der Waals surface area contributed by atoms with Crippen molar-refractivity contribution in [3.05, 3.63) is 35.7 Å². The van der Waals surface area contributed by atoms with E-state index in [4.69, 9.17) is 4.74 Å². The predicted octanol–water partition coefficient (Wildman–Crippen LogP) is 1.37. The molecule has 0 saturated heterocycles. The van der Waals surface area contributed by atoms with E-state index >= 15 is 0 Å². The number of Topliss-reactive ketones (excluding diaryl/α,β-unsaturated/α-hetero) is 1. The van der Waals surface area contributed by atoms with Crippen molar-refractivity contribution in [1.29, 1.82) is 0 Å². The zero-order chi connectivity index (χ0) is 11.0. The Morgan fingerprint density at radius 3 is 2.80 bits per heavy atom. The largest absolute Gasteiger partial charge is 0.508 e. The normalized spacial score (nSPS) is 16.4. The molecule has 1 heterocycles. The second-order valence-corrected chi connectivity index (χ2v) is 3.57. The van der Waals surface area contributed by atoms with Gasteiger partial charge in [0.1, 0.15) is 11.5 Å². The van der Waals surface area contributed by atoms with Crippen molar-refractivity contribution in [2.45, 2.75) is 0 Å². The molecule has 2 rings (SSSR count). The van der Waals surface area contributed by atoms with Crippen LogP contribution in [0.2, 0.25) is 0 Å². The fourth-order valence-electron chi connectivity index (χ4n) is 1.40. The summed E-state index contributed by atoms with van der Waals surface area (Å²) in [6.07, 6.45) is 1.61. The van der Waals surface area contributed by atoms with Crippen LogP contribution in [-0.4, -0.2) is 29.9 Å². The van der Waals surface area contributed by atoms with Gasteiger partial charge in [-0.1, -0.05) is 0 Å². The number of nitrogens with zero attached hydrogens (tertiary/aromatic N) is 1. The summed E-state index contributed by atoms with van der Waals surface area (Å²) in [6.45, 7) is 0. The second-order valence-electron chi connectivity index (χ2n) is 3.57. The highest BCUT2D eigenvalue weighted by Crippen LogP contribution is 2.33. The number of hydrogen-bond donors (Lipinski definition) is 1. The van der Waals surface area contributed by atoms with Gasteiger partial charge in [0.25, 0.3) is 0 Å². The van der Waals surface area contributed by atoms with Crippen molar-refractivity contribution in [3.8, 4) is 11.5 Å². The first-order valence-electron chi connectivity index (χ1n) is 4.52. The van der Waals surface area contributed by atoms with Crippen LogP contribution in [0.4, 0.5) is 0 Å². The van der Waals surface area contributed by atoms with Gasteiger partial charge in [-0.2, -0.15) is 0 Å². The van der Waals surface area contributed by atoms with Crippen molar-refractivity contribution in [2.75, 3.05) is 14.1 Å². The summed E-state index contributed by atoms with van der Waals surface area (Å²) in [5.74, 6) is 0.625. The monoisotopic (exact) mass is 205 g/mol. The molecule has 0 spiro atoms. The molecule has 1 aliphatic rings. The SMILES string of the molecule is CN(C)/C=C1\Oc2cc(O)ccc2C1=O. The predicted molar refractivity (Wildman–Crippen MR) is 54.8 cm³/mol. The molecule has 0 saturated carbocycles. The number of ether oxygens (including phenoxy) is 1. The maximum absolute atomic E-state index is 11.7. The minimum atomic E-state index is -0.154. The van der Waals surface area contributed by atoms with E-state index in [0.29, 0.717) is 11.3 Å². The zero-order valence-corrected chi connectivity index (χ0v) is 8.52. The van der Waals surface area contributed by atoms with Gasteiger partial charge in [-0.05, 0) is 12.1 Å². The second kappa shape index (κ2) is 3.31. The number of fused-ring (bicyclic) bond motifs is 1. The summed E-state index contributed by atoms with van der Waals surface area (Å²) in [4.78, 5) is 13.5. The number of ketones is 1. The standard InChI is InChI=1S/C11H11NO3/c1-12(2)6-10-11(14)8-4-3-7(13)5-9(8)15-10/h3-6,13H,1-2H3/b10-6-. The lowest BCUT2D eigenvalue weighted by Crippen LogP contribution is -2.08. The Morgan fingerprint density at radius 1 is 1.40 bits per heavy atom. The van der Waals surface area contributed by atoms with E-state index < -0.39 is 0 Å². The Balaban J connectivity index is 2.41. The number of carbonyl (C=O) groups is 1. The molecule has 0 fully saturated rings. The minimum absolute atomic E-state index is 0.0904. The maximum Gasteiger partial charge on any atom is 0.233 e. The number of carbonyl (C=O) groups excluding carboxylic acids is 1. The van der Waals surface area contributed by atoms with Gasteiger partial charge in [-0.15, -0.1) is 0 Å². The van der Waals surface area contributed by atoms with E-state index in [0.717, 1.165) is 0 Å². The van der Waals surface area contributed by atoms with Crippen molar-refractivity contribution in [1.82, 2.24) is 4.90 Å². The maximum atomic E-state index is 11.7. The lowest BCUT2D eigenvalue weighted by Gasteiger charge is -2.05. The lowest BCUT2D eigenvalue weighted by atomic mass is 10.1. The van der Waals surface area contributed by atoms with Gasteiger partial charge in [-0.25, -0.2) is 0 Å². The van der Waals surface area contributed by atoms with Crippen LogP contribution in [0.15, 0.2) is 30.2 Å². The van der Waals surface area contributed by atoms with Crippen LogP contribution in [0.5, 0.6) is 11.5 Å². The third-order valence-corrected chi connectivity index (χ3v) is 2.03. The van der Waals surface area contributed by atoms with Crippen LogP contribution in [0.25, 0.3) is 0 Å². The van der Waals surface area contributed by atoms with Gasteiger partial charge >= 0.3 is 0 Å². The van der Waals surface area contributed by atoms with Crippen molar-refractivity contribution in [3.63, 3.8) is 0 Å². The summed E-state index contributed by atoms with van der Waals surface area (Å²) in [7, 11) is 3.62. The van der Waals surface area contributed by atoms with Crippen LogP contribution in [0.3, 0.4) is 0 Å².